The van der Waals surface area contributed by atoms with Crippen molar-refractivity contribution in [2.75, 3.05) is 7.11 Å². The Labute approximate surface area is 117 Å². The van der Waals surface area contributed by atoms with Crippen LogP contribution in [0.2, 0.25) is 0 Å². The van der Waals surface area contributed by atoms with Crippen molar-refractivity contribution in [3.05, 3.63) is 23.8 Å². The van der Waals surface area contributed by atoms with Gasteiger partial charge in [0.25, 0.3) is 0 Å². The van der Waals surface area contributed by atoms with Gasteiger partial charge in [0, 0.05) is 12.1 Å². The van der Waals surface area contributed by atoms with Gasteiger partial charge in [-0.15, -0.1) is 0 Å². The number of methoxy groups -OCH3 is 1. The summed E-state index contributed by atoms with van der Waals surface area (Å²) < 4.78 is 34.5. The first kappa shape index (κ1) is 15.0. The maximum absolute atomic E-state index is 12.5. The Bertz CT molecular complexity index is 423. The van der Waals surface area contributed by atoms with Crippen LogP contribution in [-0.4, -0.2) is 19.8 Å². The molecule has 1 saturated carbocycles. The lowest BCUT2D eigenvalue weighted by atomic mass is 10.2. The zero-order valence-corrected chi connectivity index (χ0v) is 11.4. The van der Waals surface area contributed by atoms with Gasteiger partial charge in [0.1, 0.15) is 0 Å². The molecule has 1 fully saturated rings. The quantitative estimate of drug-likeness (QED) is 0.781. The molecule has 1 aliphatic rings. The van der Waals surface area contributed by atoms with Gasteiger partial charge < -0.3 is 9.47 Å². The molecule has 0 bridgehead atoms. The number of hydrogen-bond acceptors (Lipinski definition) is 4. The number of benzene rings is 1. The minimum atomic E-state index is -2.89. The summed E-state index contributed by atoms with van der Waals surface area (Å²) >= 11 is 0. The normalized spacial score (nSPS) is 15.8. The van der Waals surface area contributed by atoms with E-state index in [-0.39, 0.29) is 24.1 Å². The predicted molar refractivity (Wildman–Crippen MR) is 69.8 cm³/mol. The molecule has 0 heterocycles. The molecule has 6 heteroatoms. The van der Waals surface area contributed by atoms with Crippen molar-refractivity contribution in [3.63, 3.8) is 0 Å². The van der Waals surface area contributed by atoms with Crippen molar-refractivity contribution < 1.29 is 23.1 Å². The first-order valence-electron chi connectivity index (χ1n) is 6.70. The van der Waals surface area contributed by atoms with Gasteiger partial charge >= 0.3 is 6.61 Å². The molecular weight excluding hydrogens is 268 g/mol. The van der Waals surface area contributed by atoms with Crippen molar-refractivity contribution in [1.29, 1.82) is 0 Å². The fourth-order valence-corrected chi connectivity index (χ4v) is 2.33. The van der Waals surface area contributed by atoms with E-state index in [1.54, 1.807) is 18.2 Å². The van der Waals surface area contributed by atoms with E-state index in [1.165, 1.54) is 20.0 Å². The average molecular weight is 287 g/mol. The van der Waals surface area contributed by atoms with Gasteiger partial charge in [-0.1, -0.05) is 25.0 Å². The van der Waals surface area contributed by atoms with E-state index < -0.39 is 6.61 Å². The highest BCUT2D eigenvalue weighted by Gasteiger charge is 2.17. The number of hydrogen-bond donors (Lipinski definition) is 1. The summed E-state index contributed by atoms with van der Waals surface area (Å²) in [5.41, 5.74) is 3.40. The molecule has 0 aromatic heterocycles. The molecule has 0 amide bonds. The summed E-state index contributed by atoms with van der Waals surface area (Å²) in [6.07, 6.45) is 4.62. The Morgan fingerprint density at radius 2 is 2.05 bits per heavy atom. The number of halogens is 2. The van der Waals surface area contributed by atoms with Gasteiger partial charge in [-0.3, -0.25) is 4.84 Å². The molecule has 0 aliphatic heterocycles. The van der Waals surface area contributed by atoms with Gasteiger partial charge in [0.15, 0.2) is 11.5 Å². The summed E-state index contributed by atoms with van der Waals surface area (Å²) in [6.45, 7) is -2.60. The lowest BCUT2D eigenvalue weighted by Crippen LogP contribution is -2.22. The van der Waals surface area contributed by atoms with Crippen LogP contribution in [0.5, 0.6) is 11.5 Å². The second-order valence-electron chi connectivity index (χ2n) is 4.67. The van der Waals surface area contributed by atoms with E-state index in [0.29, 0.717) is 5.56 Å². The first-order chi connectivity index (χ1) is 9.70. The number of hydroxylamine groups is 1. The predicted octanol–water partition coefficient (Wildman–Crippen LogP) is 3.26. The smallest absolute Gasteiger partial charge is 0.387 e. The largest absolute Gasteiger partial charge is 0.493 e. The minimum absolute atomic E-state index is 0.0486. The molecular formula is C14H19F2NO3. The van der Waals surface area contributed by atoms with Crippen LogP contribution in [0.25, 0.3) is 0 Å². The van der Waals surface area contributed by atoms with Crippen molar-refractivity contribution in [1.82, 2.24) is 5.48 Å². The molecule has 112 valence electrons. The van der Waals surface area contributed by atoms with E-state index in [2.05, 4.69) is 10.2 Å². The fraction of sp³-hybridized carbons (Fsp3) is 0.571. The Kier molecular flexibility index (Phi) is 5.55. The summed E-state index contributed by atoms with van der Waals surface area (Å²) in [5.74, 6) is 0.331. The van der Waals surface area contributed by atoms with Gasteiger partial charge in [-0.05, 0) is 18.9 Å². The van der Waals surface area contributed by atoms with Crippen LogP contribution in [-0.2, 0) is 11.4 Å². The van der Waals surface area contributed by atoms with Crippen molar-refractivity contribution in [2.24, 2.45) is 0 Å². The van der Waals surface area contributed by atoms with Crippen molar-refractivity contribution in [3.8, 4) is 11.5 Å². The van der Waals surface area contributed by atoms with Crippen LogP contribution in [0.1, 0.15) is 31.2 Å². The summed E-state index contributed by atoms with van der Waals surface area (Å²) in [7, 11) is 1.42. The molecule has 1 aliphatic carbocycles. The average Bonchev–Trinajstić information content (AvgIpc) is 2.93. The van der Waals surface area contributed by atoms with Crippen LogP contribution in [0, 0.1) is 0 Å². The molecule has 0 radical (unpaired) electrons. The molecule has 0 spiro atoms. The standard InChI is InChI=1S/C14H19F2NO3/c1-18-12-8-4-5-10(13(12)19-14(15)16)9-17-20-11-6-2-3-7-11/h4-5,8,11,14,17H,2-3,6-7,9H2,1H3. The molecule has 1 aromatic carbocycles. The molecule has 1 aromatic rings. The second-order valence-corrected chi connectivity index (χ2v) is 4.67. The minimum Gasteiger partial charge on any atom is -0.493 e. The third kappa shape index (κ3) is 4.05. The van der Waals surface area contributed by atoms with Gasteiger partial charge in [-0.2, -0.15) is 14.3 Å². The number of para-hydroxylation sites is 1. The number of nitrogens with one attached hydrogen (secondary N) is 1. The van der Waals surface area contributed by atoms with Crippen molar-refractivity contribution in [2.45, 2.75) is 44.9 Å². The van der Waals surface area contributed by atoms with E-state index in [4.69, 9.17) is 9.57 Å². The second kappa shape index (κ2) is 7.40. The summed E-state index contributed by atoms with van der Waals surface area (Å²) in [5, 5.41) is 0. The highest BCUT2D eigenvalue weighted by Crippen LogP contribution is 2.32. The van der Waals surface area contributed by atoms with Crippen LogP contribution < -0.4 is 15.0 Å². The number of alkyl halides is 2. The van der Waals surface area contributed by atoms with Crippen LogP contribution in [0.15, 0.2) is 18.2 Å². The Morgan fingerprint density at radius 3 is 2.70 bits per heavy atom. The number of ether oxygens (including phenoxy) is 2. The Balaban J connectivity index is 1.97. The molecule has 2 rings (SSSR count). The SMILES string of the molecule is COc1cccc(CNOC2CCCC2)c1OC(F)F. The van der Waals surface area contributed by atoms with E-state index >= 15 is 0 Å². The zero-order chi connectivity index (χ0) is 14.4. The van der Waals surface area contributed by atoms with E-state index in [9.17, 15) is 8.78 Å². The van der Waals surface area contributed by atoms with Crippen LogP contribution in [0.3, 0.4) is 0 Å². The fourth-order valence-electron chi connectivity index (χ4n) is 2.33. The van der Waals surface area contributed by atoms with Crippen molar-refractivity contribution >= 4 is 0 Å². The topological polar surface area (TPSA) is 39.7 Å². The first-order valence-corrected chi connectivity index (χ1v) is 6.70. The van der Waals surface area contributed by atoms with Crippen LogP contribution in [0.4, 0.5) is 8.78 Å². The Hall–Kier alpha value is -1.40. The lowest BCUT2D eigenvalue weighted by Gasteiger charge is -2.16. The lowest BCUT2D eigenvalue weighted by molar-refractivity contribution is -0.0537. The van der Waals surface area contributed by atoms with Gasteiger partial charge in [0.2, 0.25) is 0 Å². The number of rotatable bonds is 7. The van der Waals surface area contributed by atoms with E-state index in [0.717, 1.165) is 12.8 Å². The third-order valence-electron chi connectivity index (χ3n) is 3.30. The molecule has 1 N–H and O–H groups in total. The van der Waals surface area contributed by atoms with Gasteiger partial charge in [-0.25, -0.2) is 0 Å². The van der Waals surface area contributed by atoms with Gasteiger partial charge in [0.05, 0.1) is 13.2 Å². The zero-order valence-electron chi connectivity index (χ0n) is 11.4. The third-order valence-corrected chi connectivity index (χ3v) is 3.30. The highest BCUT2D eigenvalue weighted by molar-refractivity contribution is 5.46. The molecule has 4 nitrogen and oxygen atoms in total. The summed E-state index contributed by atoms with van der Waals surface area (Å²) in [4.78, 5) is 5.51. The maximum Gasteiger partial charge on any atom is 0.387 e. The van der Waals surface area contributed by atoms with E-state index in [1.807, 2.05) is 0 Å². The maximum atomic E-state index is 12.5. The molecule has 20 heavy (non-hydrogen) atoms. The highest BCUT2D eigenvalue weighted by atomic mass is 19.3. The molecule has 0 unspecified atom stereocenters. The van der Waals surface area contributed by atoms with Crippen LogP contribution >= 0.6 is 0 Å². The molecule has 0 saturated heterocycles. The molecule has 0 atom stereocenters. The summed E-state index contributed by atoms with van der Waals surface area (Å²) in [6, 6.07) is 5.01. The monoisotopic (exact) mass is 287 g/mol. The Morgan fingerprint density at radius 1 is 1.30 bits per heavy atom.